The number of phenolic OH excluding ortho intramolecular Hbond substituents is 1. The second-order valence-corrected chi connectivity index (χ2v) is 5.86. The van der Waals surface area contributed by atoms with E-state index in [1.165, 1.54) is 6.07 Å². The van der Waals surface area contributed by atoms with Crippen LogP contribution in [-0.2, 0) is 4.84 Å². The predicted molar refractivity (Wildman–Crippen MR) is 94.1 cm³/mol. The summed E-state index contributed by atoms with van der Waals surface area (Å²) in [6, 6.07) is 8.14. The molecule has 26 heavy (non-hydrogen) atoms. The van der Waals surface area contributed by atoms with E-state index in [0.29, 0.717) is 29.6 Å². The third-order valence-corrected chi connectivity index (χ3v) is 3.89. The molecule has 0 atom stereocenters. The first-order chi connectivity index (χ1) is 12.5. The van der Waals surface area contributed by atoms with Gasteiger partial charge in [0.2, 0.25) is 5.43 Å². The van der Waals surface area contributed by atoms with Crippen LogP contribution in [0, 0.1) is 17.0 Å². The Balaban J connectivity index is 1.82. The Morgan fingerprint density at radius 3 is 2.69 bits per heavy atom. The molecule has 3 aromatic rings. The number of hydrogen-bond acceptors (Lipinski definition) is 7. The van der Waals surface area contributed by atoms with Crippen LogP contribution in [0.25, 0.3) is 21.9 Å². The number of rotatable bonds is 7. The molecule has 0 aliphatic rings. The molecule has 0 radical (unpaired) electrons. The van der Waals surface area contributed by atoms with E-state index in [9.17, 15) is 20.0 Å². The number of fused-ring (bicyclic) bond motifs is 2. The van der Waals surface area contributed by atoms with Gasteiger partial charge >= 0.3 is 0 Å². The van der Waals surface area contributed by atoms with E-state index in [-0.39, 0.29) is 35.4 Å². The van der Waals surface area contributed by atoms with Crippen molar-refractivity contribution in [1.82, 2.24) is 0 Å². The summed E-state index contributed by atoms with van der Waals surface area (Å²) in [6.45, 7) is 2.17. The molecule has 0 aliphatic carbocycles. The van der Waals surface area contributed by atoms with E-state index in [1.54, 1.807) is 18.2 Å². The first kappa shape index (κ1) is 17.5. The van der Waals surface area contributed by atoms with Gasteiger partial charge in [0, 0.05) is 12.1 Å². The fourth-order valence-corrected chi connectivity index (χ4v) is 2.66. The van der Waals surface area contributed by atoms with E-state index in [2.05, 4.69) is 4.84 Å². The van der Waals surface area contributed by atoms with Gasteiger partial charge in [-0.05, 0) is 37.5 Å². The van der Waals surface area contributed by atoms with Crippen LogP contribution in [0.3, 0.4) is 0 Å². The van der Waals surface area contributed by atoms with Crippen molar-refractivity contribution in [1.29, 1.82) is 0 Å². The average molecular weight is 359 g/mol. The van der Waals surface area contributed by atoms with Crippen LogP contribution in [0.5, 0.6) is 11.5 Å². The SMILES string of the molecule is Cc1ccc2c(=O)c3c(O)cc(OCCCCO[N+](=O)[O-])cc3oc2c1. The highest BCUT2D eigenvalue weighted by molar-refractivity contribution is 5.93. The minimum absolute atomic E-state index is 0.000451. The van der Waals surface area contributed by atoms with Gasteiger partial charge in [-0.1, -0.05) is 6.07 Å². The van der Waals surface area contributed by atoms with Crippen LogP contribution in [0.4, 0.5) is 0 Å². The van der Waals surface area contributed by atoms with Crippen molar-refractivity contribution < 1.29 is 24.2 Å². The van der Waals surface area contributed by atoms with Gasteiger partial charge in [-0.2, -0.15) is 0 Å². The van der Waals surface area contributed by atoms with Crippen molar-refractivity contribution in [2.45, 2.75) is 19.8 Å². The lowest BCUT2D eigenvalue weighted by atomic mass is 10.1. The third kappa shape index (κ3) is 3.69. The smallest absolute Gasteiger partial charge is 0.294 e. The molecule has 3 rings (SSSR count). The first-order valence-electron chi connectivity index (χ1n) is 8.06. The molecule has 0 amide bonds. The highest BCUT2D eigenvalue weighted by atomic mass is 16.9. The number of aryl methyl sites for hydroxylation is 1. The second kappa shape index (κ2) is 7.30. The molecule has 8 nitrogen and oxygen atoms in total. The van der Waals surface area contributed by atoms with E-state index < -0.39 is 5.09 Å². The highest BCUT2D eigenvalue weighted by Gasteiger charge is 2.13. The Labute approximate surface area is 147 Å². The summed E-state index contributed by atoms with van der Waals surface area (Å²) in [7, 11) is 0. The summed E-state index contributed by atoms with van der Waals surface area (Å²) < 4.78 is 11.3. The van der Waals surface area contributed by atoms with Crippen molar-refractivity contribution in [2.24, 2.45) is 0 Å². The van der Waals surface area contributed by atoms with Crippen LogP contribution in [0.2, 0.25) is 0 Å². The van der Waals surface area contributed by atoms with Gasteiger partial charge in [0.05, 0.1) is 18.6 Å². The summed E-state index contributed by atoms with van der Waals surface area (Å²) in [6.07, 6.45) is 0.993. The molecule has 1 N–H and O–H groups in total. The molecule has 2 aromatic carbocycles. The molecule has 0 aliphatic heterocycles. The zero-order valence-electron chi connectivity index (χ0n) is 14.1. The van der Waals surface area contributed by atoms with Crippen LogP contribution in [0.15, 0.2) is 39.5 Å². The van der Waals surface area contributed by atoms with Crippen molar-refractivity contribution in [2.75, 3.05) is 13.2 Å². The van der Waals surface area contributed by atoms with Crippen LogP contribution >= 0.6 is 0 Å². The van der Waals surface area contributed by atoms with Gasteiger partial charge in [-0.25, -0.2) is 0 Å². The Bertz CT molecular complexity index is 1030. The first-order valence-corrected chi connectivity index (χ1v) is 8.06. The largest absolute Gasteiger partial charge is 0.507 e. The Hall–Kier alpha value is -3.29. The standard InChI is InChI=1S/C18H17NO7/c1-11-4-5-13-15(8-11)26-16-10-12(9-14(20)17(16)18(13)21)24-6-2-3-7-25-19(22)23/h4-5,8-10,20H,2-3,6-7H2,1H3. The number of ether oxygens (including phenoxy) is 1. The summed E-state index contributed by atoms with van der Waals surface area (Å²) in [5, 5.41) is 19.9. The lowest BCUT2D eigenvalue weighted by Gasteiger charge is -2.09. The van der Waals surface area contributed by atoms with Crippen LogP contribution in [0.1, 0.15) is 18.4 Å². The zero-order chi connectivity index (χ0) is 18.7. The summed E-state index contributed by atoms with van der Waals surface area (Å²) in [5.74, 6) is 0.130. The van der Waals surface area contributed by atoms with Gasteiger partial charge in [0.15, 0.2) is 0 Å². The molecule has 0 fully saturated rings. The fourth-order valence-electron chi connectivity index (χ4n) is 2.66. The van der Waals surface area contributed by atoms with E-state index in [1.807, 2.05) is 13.0 Å². The molecule has 0 spiro atoms. The number of nitrogens with zero attached hydrogens (tertiary/aromatic N) is 1. The molecule has 1 heterocycles. The molecule has 0 bridgehead atoms. The van der Waals surface area contributed by atoms with Gasteiger partial charge < -0.3 is 19.1 Å². The van der Waals surface area contributed by atoms with E-state index in [0.717, 1.165) is 5.56 Å². The quantitative estimate of drug-likeness (QED) is 0.298. The highest BCUT2D eigenvalue weighted by Crippen LogP contribution is 2.30. The lowest BCUT2D eigenvalue weighted by molar-refractivity contribution is -0.757. The molecule has 136 valence electrons. The van der Waals surface area contributed by atoms with Crippen molar-refractivity contribution in [3.8, 4) is 11.5 Å². The molecular formula is C18H17NO7. The molecule has 0 saturated carbocycles. The number of aromatic hydroxyl groups is 1. The Kier molecular flexibility index (Phi) is 4.92. The zero-order valence-corrected chi connectivity index (χ0v) is 14.1. The normalized spacial score (nSPS) is 11.0. The monoisotopic (exact) mass is 359 g/mol. The summed E-state index contributed by atoms with van der Waals surface area (Å²) >= 11 is 0. The average Bonchev–Trinajstić information content (AvgIpc) is 2.57. The van der Waals surface area contributed by atoms with Crippen LogP contribution < -0.4 is 10.2 Å². The van der Waals surface area contributed by atoms with Crippen LogP contribution in [-0.4, -0.2) is 23.4 Å². The van der Waals surface area contributed by atoms with Crippen molar-refractivity contribution in [3.05, 3.63) is 56.2 Å². The van der Waals surface area contributed by atoms with E-state index >= 15 is 0 Å². The molecule has 0 saturated heterocycles. The van der Waals surface area contributed by atoms with Gasteiger partial charge in [0.1, 0.15) is 28.1 Å². The van der Waals surface area contributed by atoms with Gasteiger partial charge in [0.25, 0.3) is 5.09 Å². The maximum absolute atomic E-state index is 12.6. The molecule has 1 aromatic heterocycles. The molecule has 8 heteroatoms. The fraction of sp³-hybridized carbons (Fsp3) is 0.278. The Morgan fingerprint density at radius 1 is 1.15 bits per heavy atom. The number of unbranched alkanes of at least 4 members (excludes halogenated alkanes) is 1. The molecule has 0 unspecified atom stereocenters. The number of hydrogen-bond donors (Lipinski definition) is 1. The third-order valence-electron chi connectivity index (χ3n) is 3.89. The predicted octanol–water partition coefficient (Wildman–Crippen LogP) is 3.33. The maximum atomic E-state index is 12.6. The summed E-state index contributed by atoms with van der Waals surface area (Å²) in [5.41, 5.74) is 1.33. The number of benzene rings is 2. The topological polar surface area (TPSA) is 112 Å². The lowest BCUT2D eigenvalue weighted by Crippen LogP contribution is -2.05. The minimum Gasteiger partial charge on any atom is -0.507 e. The molecular weight excluding hydrogens is 342 g/mol. The van der Waals surface area contributed by atoms with Gasteiger partial charge in [-0.15, -0.1) is 10.1 Å². The number of phenols is 1. The van der Waals surface area contributed by atoms with E-state index in [4.69, 9.17) is 9.15 Å². The maximum Gasteiger partial charge on any atom is 0.294 e. The van der Waals surface area contributed by atoms with Gasteiger partial charge in [-0.3, -0.25) is 4.79 Å². The minimum atomic E-state index is -0.837. The Morgan fingerprint density at radius 2 is 1.92 bits per heavy atom. The summed E-state index contributed by atoms with van der Waals surface area (Å²) in [4.78, 5) is 26.8. The van der Waals surface area contributed by atoms with Crippen molar-refractivity contribution >= 4 is 21.9 Å². The second-order valence-electron chi connectivity index (χ2n) is 5.86. The van der Waals surface area contributed by atoms with Crippen molar-refractivity contribution in [3.63, 3.8) is 0 Å².